The van der Waals surface area contributed by atoms with Crippen molar-refractivity contribution in [3.05, 3.63) is 65.0 Å². The van der Waals surface area contributed by atoms with Crippen LogP contribution in [0.2, 0.25) is 0 Å². The smallest absolute Gasteiger partial charge is 0.222 e. The molecule has 6 nitrogen and oxygen atoms in total. The summed E-state index contributed by atoms with van der Waals surface area (Å²) in [6, 6.07) is 13.2. The van der Waals surface area contributed by atoms with E-state index >= 15 is 0 Å². The van der Waals surface area contributed by atoms with E-state index in [0.717, 1.165) is 29.7 Å². The zero-order chi connectivity index (χ0) is 21.5. The number of nitrogens with zero attached hydrogens (tertiary/aromatic N) is 3. The molecule has 3 rings (SSSR count). The number of guanidine groups is 1. The van der Waals surface area contributed by atoms with E-state index in [1.165, 1.54) is 13.2 Å². The van der Waals surface area contributed by atoms with Gasteiger partial charge in [0.15, 0.2) is 17.5 Å². The number of nitrogens with one attached hydrogen (secondary N) is 1. The Morgan fingerprint density at radius 1 is 1.23 bits per heavy atom. The minimum Gasteiger partial charge on any atom is -0.494 e. The lowest BCUT2D eigenvalue weighted by Gasteiger charge is -2.22. The minimum atomic E-state index is -0.375. The quantitative estimate of drug-likeness (QED) is 0.561. The van der Waals surface area contributed by atoms with Crippen LogP contribution in [0.15, 0.2) is 47.5 Å². The molecule has 0 aliphatic carbocycles. The summed E-state index contributed by atoms with van der Waals surface area (Å²) < 4.78 is 18.9. The number of likely N-dealkylation sites (tertiary alicyclic amines) is 1. The molecule has 1 aliphatic heterocycles. The Bertz CT molecular complexity index is 916. The zero-order valence-electron chi connectivity index (χ0n) is 17.8. The normalized spacial score (nSPS) is 14.2. The van der Waals surface area contributed by atoms with Gasteiger partial charge in [-0.2, -0.15) is 0 Å². The van der Waals surface area contributed by atoms with Crippen molar-refractivity contribution in [3.63, 3.8) is 0 Å². The van der Waals surface area contributed by atoms with Crippen LogP contribution in [0.5, 0.6) is 5.75 Å². The van der Waals surface area contributed by atoms with E-state index in [1.54, 1.807) is 13.1 Å². The van der Waals surface area contributed by atoms with Crippen molar-refractivity contribution in [1.29, 1.82) is 0 Å². The Morgan fingerprint density at radius 3 is 2.70 bits per heavy atom. The molecule has 7 heteroatoms. The molecule has 2 aromatic rings. The van der Waals surface area contributed by atoms with Gasteiger partial charge in [0.1, 0.15) is 0 Å². The van der Waals surface area contributed by atoms with E-state index in [1.807, 2.05) is 35.0 Å². The van der Waals surface area contributed by atoms with Crippen molar-refractivity contribution in [1.82, 2.24) is 15.1 Å². The van der Waals surface area contributed by atoms with Gasteiger partial charge in [-0.15, -0.1) is 0 Å². The number of ether oxygens (including phenoxy) is 1. The molecular weight excluding hydrogens is 383 g/mol. The van der Waals surface area contributed by atoms with Gasteiger partial charge in [0.2, 0.25) is 5.91 Å². The van der Waals surface area contributed by atoms with E-state index in [-0.39, 0.29) is 17.5 Å². The number of methoxy groups -OCH3 is 1. The van der Waals surface area contributed by atoms with Crippen LogP contribution in [0.3, 0.4) is 0 Å². The van der Waals surface area contributed by atoms with Gasteiger partial charge in [-0.1, -0.05) is 30.3 Å². The van der Waals surface area contributed by atoms with Crippen LogP contribution in [0.4, 0.5) is 4.39 Å². The zero-order valence-corrected chi connectivity index (χ0v) is 17.8. The van der Waals surface area contributed by atoms with Crippen LogP contribution < -0.4 is 10.1 Å². The van der Waals surface area contributed by atoms with Crippen molar-refractivity contribution in [3.8, 4) is 5.75 Å². The molecule has 0 unspecified atom stereocenters. The van der Waals surface area contributed by atoms with Crippen molar-refractivity contribution in [2.24, 2.45) is 4.99 Å². The molecule has 0 bridgehead atoms. The predicted octanol–water partition coefficient (Wildman–Crippen LogP) is 3.16. The van der Waals surface area contributed by atoms with E-state index in [4.69, 9.17) is 4.74 Å². The second-order valence-electron chi connectivity index (χ2n) is 7.46. The first-order valence-electron chi connectivity index (χ1n) is 10.1. The summed E-state index contributed by atoms with van der Waals surface area (Å²) >= 11 is 0. The number of halogens is 1. The molecule has 1 fully saturated rings. The van der Waals surface area contributed by atoms with Crippen LogP contribution in [-0.2, 0) is 24.4 Å². The first-order valence-corrected chi connectivity index (χ1v) is 10.1. The lowest BCUT2D eigenvalue weighted by Crippen LogP contribution is -2.38. The average Bonchev–Trinajstić information content (AvgIpc) is 3.13. The van der Waals surface area contributed by atoms with Gasteiger partial charge in [0.05, 0.1) is 7.11 Å². The van der Waals surface area contributed by atoms with Gasteiger partial charge in [-0.25, -0.2) is 4.39 Å². The molecule has 0 radical (unpaired) electrons. The summed E-state index contributed by atoms with van der Waals surface area (Å²) in [7, 11) is 5.09. The summed E-state index contributed by atoms with van der Waals surface area (Å²) in [6.07, 6.45) is 1.60. The van der Waals surface area contributed by atoms with Crippen molar-refractivity contribution in [2.75, 3.05) is 27.7 Å². The number of carbonyl (C=O) groups excluding carboxylic acids is 1. The fraction of sp³-hybridized carbons (Fsp3) is 0.391. The number of hydrogen-bond acceptors (Lipinski definition) is 3. The summed E-state index contributed by atoms with van der Waals surface area (Å²) in [4.78, 5) is 20.0. The van der Waals surface area contributed by atoms with Crippen LogP contribution >= 0.6 is 0 Å². The Kier molecular flexibility index (Phi) is 7.27. The Labute approximate surface area is 177 Å². The predicted molar refractivity (Wildman–Crippen MR) is 116 cm³/mol. The van der Waals surface area contributed by atoms with Gasteiger partial charge < -0.3 is 19.9 Å². The molecule has 0 spiro atoms. The maximum absolute atomic E-state index is 13.9. The van der Waals surface area contributed by atoms with Gasteiger partial charge in [-0.05, 0) is 35.2 Å². The van der Waals surface area contributed by atoms with Crippen LogP contribution in [0.1, 0.15) is 29.5 Å². The van der Waals surface area contributed by atoms with E-state index in [0.29, 0.717) is 32.0 Å². The molecule has 0 aromatic heterocycles. The number of amides is 1. The Balaban J connectivity index is 1.57. The summed E-state index contributed by atoms with van der Waals surface area (Å²) in [5.41, 5.74) is 3.07. The maximum atomic E-state index is 13.9. The van der Waals surface area contributed by atoms with Gasteiger partial charge >= 0.3 is 0 Å². The molecule has 2 aromatic carbocycles. The van der Waals surface area contributed by atoms with Gasteiger partial charge in [-0.3, -0.25) is 9.79 Å². The van der Waals surface area contributed by atoms with Crippen LogP contribution in [-0.4, -0.2) is 49.4 Å². The topological polar surface area (TPSA) is 57.2 Å². The van der Waals surface area contributed by atoms with Crippen molar-refractivity contribution in [2.45, 2.75) is 32.5 Å². The molecule has 1 saturated heterocycles. The van der Waals surface area contributed by atoms with Gasteiger partial charge in [0.25, 0.3) is 0 Å². The summed E-state index contributed by atoms with van der Waals surface area (Å²) in [5, 5.41) is 3.35. The van der Waals surface area contributed by atoms with Crippen molar-refractivity contribution >= 4 is 11.9 Å². The third kappa shape index (κ3) is 5.49. The average molecular weight is 413 g/mol. The fourth-order valence-corrected chi connectivity index (χ4v) is 3.65. The molecule has 160 valence electrons. The number of carbonyl (C=O) groups is 1. The maximum Gasteiger partial charge on any atom is 0.222 e. The van der Waals surface area contributed by atoms with E-state index in [9.17, 15) is 9.18 Å². The minimum absolute atomic E-state index is 0.232. The number of benzene rings is 2. The highest BCUT2D eigenvalue weighted by atomic mass is 19.1. The van der Waals surface area contributed by atoms with Crippen LogP contribution in [0.25, 0.3) is 0 Å². The second-order valence-corrected chi connectivity index (χ2v) is 7.46. The standard InChI is InChI=1S/C23H29FN4O2/c1-25-23(27(2)15-19-9-10-21(30-3)20(24)13-19)26-14-17-6-4-7-18(12-17)16-28-11-5-8-22(28)29/h4,6-7,9-10,12-13H,5,8,11,14-16H2,1-3H3,(H,25,26). The Hall–Kier alpha value is -3.09. The molecule has 30 heavy (non-hydrogen) atoms. The number of rotatable bonds is 7. The monoisotopic (exact) mass is 412 g/mol. The first kappa shape index (κ1) is 21.6. The van der Waals surface area contributed by atoms with Crippen LogP contribution in [0, 0.1) is 5.82 Å². The second kappa shape index (κ2) is 10.1. The molecule has 1 heterocycles. The molecule has 1 aliphatic rings. The molecule has 1 N–H and O–H groups in total. The summed E-state index contributed by atoms with van der Waals surface area (Å²) in [5.74, 6) is 0.806. The number of hydrogen-bond donors (Lipinski definition) is 1. The first-order chi connectivity index (χ1) is 14.5. The summed E-state index contributed by atoms with van der Waals surface area (Å²) in [6.45, 7) is 2.61. The fourth-order valence-electron chi connectivity index (χ4n) is 3.65. The molecule has 0 saturated carbocycles. The highest BCUT2D eigenvalue weighted by Crippen LogP contribution is 2.19. The Morgan fingerprint density at radius 2 is 2.03 bits per heavy atom. The highest BCUT2D eigenvalue weighted by molar-refractivity contribution is 5.79. The lowest BCUT2D eigenvalue weighted by atomic mass is 10.1. The molecular formula is C23H29FN4O2. The SMILES string of the molecule is CN=C(NCc1cccc(CN2CCCC2=O)c1)N(C)Cc1ccc(OC)c(F)c1. The van der Waals surface area contributed by atoms with E-state index < -0.39 is 0 Å². The molecule has 0 atom stereocenters. The van der Waals surface area contributed by atoms with Gasteiger partial charge in [0, 0.05) is 46.7 Å². The largest absolute Gasteiger partial charge is 0.494 e. The van der Waals surface area contributed by atoms with E-state index in [2.05, 4.69) is 22.4 Å². The molecule has 1 amide bonds. The third-order valence-corrected chi connectivity index (χ3v) is 5.20. The number of aliphatic imine (C=N–C) groups is 1. The van der Waals surface area contributed by atoms with Crippen molar-refractivity contribution < 1.29 is 13.9 Å². The lowest BCUT2D eigenvalue weighted by molar-refractivity contribution is -0.128. The third-order valence-electron chi connectivity index (χ3n) is 5.20. The highest BCUT2D eigenvalue weighted by Gasteiger charge is 2.20.